The first kappa shape index (κ1) is 16.2. The Morgan fingerprint density at radius 1 is 1.48 bits per heavy atom. The molecule has 1 atom stereocenters. The average Bonchev–Trinajstić information content (AvgIpc) is 2.49. The number of hydrogen-bond acceptors (Lipinski definition) is 5. The zero-order valence-corrected chi connectivity index (χ0v) is 13.4. The van der Waals surface area contributed by atoms with Crippen molar-refractivity contribution in [3.63, 3.8) is 0 Å². The number of aromatic nitrogens is 1. The second-order valence-corrected chi connectivity index (χ2v) is 6.87. The number of ether oxygens (including phenoxy) is 1. The maximum absolute atomic E-state index is 12.8. The van der Waals surface area contributed by atoms with E-state index in [0.717, 1.165) is 12.8 Å². The van der Waals surface area contributed by atoms with Crippen LogP contribution < -0.4 is 5.32 Å². The number of anilines is 1. The van der Waals surface area contributed by atoms with Crippen molar-refractivity contribution in [3.05, 3.63) is 18.3 Å². The Balaban J connectivity index is 2.25. The van der Waals surface area contributed by atoms with E-state index >= 15 is 0 Å². The molecule has 0 radical (unpaired) electrons. The first-order chi connectivity index (χ1) is 10.1. The van der Waals surface area contributed by atoms with E-state index in [1.807, 2.05) is 13.8 Å². The highest BCUT2D eigenvalue weighted by Gasteiger charge is 2.32. The Labute approximate surface area is 126 Å². The van der Waals surface area contributed by atoms with Gasteiger partial charge in [-0.1, -0.05) is 0 Å². The number of hydrogen-bond donors (Lipinski definition) is 1. The van der Waals surface area contributed by atoms with Crippen molar-refractivity contribution in [1.82, 2.24) is 9.29 Å². The highest BCUT2D eigenvalue weighted by Crippen LogP contribution is 2.25. The van der Waals surface area contributed by atoms with Crippen LogP contribution in [0.3, 0.4) is 0 Å². The van der Waals surface area contributed by atoms with Gasteiger partial charge in [0.05, 0.1) is 6.10 Å². The molecule has 1 aromatic rings. The lowest BCUT2D eigenvalue weighted by atomic mass is 10.1. The molecule has 1 N–H and O–H groups in total. The number of sulfonamides is 1. The Kier molecular flexibility index (Phi) is 5.55. The van der Waals surface area contributed by atoms with E-state index in [-0.39, 0.29) is 11.0 Å². The summed E-state index contributed by atoms with van der Waals surface area (Å²) in [5.74, 6) is 0.415. The maximum Gasteiger partial charge on any atom is 0.246 e. The summed E-state index contributed by atoms with van der Waals surface area (Å²) in [6.07, 6.45) is 3.31. The zero-order valence-electron chi connectivity index (χ0n) is 12.6. The summed E-state index contributed by atoms with van der Waals surface area (Å²) in [5, 5.41) is 3.01. The standard InChI is InChI=1S/C14H23N3O3S/c1-3-15-14-13(8-5-9-16-14)21(18,19)17-10-6-7-12(11-17)20-4-2/h5,8-9,12H,3-4,6-7,10-11H2,1-2H3,(H,15,16). The molecule has 2 rings (SSSR count). The molecule has 0 spiro atoms. The van der Waals surface area contributed by atoms with E-state index in [0.29, 0.717) is 32.1 Å². The molecular formula is C14H23N3O3S. The van der Waals surface area contributed by atoms with Gasteiger partial charge < -0.3 is 10.1 Å². The van der Waals surface area contributed by atoms with E-state index < -0.39 is 10.0 Å². The fourth-order valence-electron chi connectivity index (χ4n) is 2.53. The van der Waals surface area contributed by atoms with Crippen LogP contribution in [0.1, 0.15) is 26.7 Å². The van der Waals surface area contributed by atoms with Crippen molar-refractivity contribution >= 4 is 15.8 Å². The minimum atomic E-state index is -3.54. The molecule has 7 heteroatoms. The van der Waals surface area contributed by atoms with Crippen LogP contribution in [0.2, 0.25) is 0 Å². The minimum absolute atomic E-state index is 0.0159. The fourth-order valence-corrected chi connectivity index (χ4v) is 4.16. The van der Waals surface area contributed by atoms with Crippen LogP contribution in [0, 0.1) is 0 Å². The van der Waals surface area contributed by atoms with Crippen molar-refractivity contribution < 1.29 is 13.2 Å². The zero-order chi connectivity index (χ0) is 15.3. The summed E-state index contributed by atoms with van der Waals surface area (Å²) in [4.78, 5) is 4.38. The van der Waals surface area contributed by atoms with Gasteiger partial charge in [0.1, 0.15) is 10.7 Å². The molecule has 1 unspecified atom stereocenters. The molecule has 0 aromatic carbocycles. The van der Waals surface area contributed by atoms with Crippen LogP contribution in [0.4, 0.5) is 5.82 Å². The first-order valence-electron chi connectivity index (χ1n) is 7.40. The number of nitrogens with one attached hydrogen (secondary N) is 1. The maximum atomic E-state index is 12.8. The lowest BCUT2D eigenvalue weighted by Gasteiger charge is -2.31. The second-order valence-electron chi connectivity index (χ2n) is 4.96. The van der Waals surface area contributed by atoms with Gasteiger partial charge in [-0.15, -0.1) is 0 Å². The van der Waals surface area contributed by atoms with Crippen molar-refractivity contribution in [3.8, 4) is 0 Å². The molecule has 21 heavy (non-hydrogen) atoms. The predicted octanol–water partition coefficient (Wildman–Crippen LogP) is 1.70. The first-order valence-corrected chi connectivity index (χ1v) is 8.84. The normalized spacial score (nSPS) is 20.4. The molecule has 1 aliphatic heterocycles. The van der Waals surface area contributed by atoms with Gasteiger partial charge in [-0.2, -0.15) is 4.31 Å². The molecule has 1 fully saturated rings. The summed E-state index contributed by atoms with van der Waals surface area (Å²) < 4.78 is 32.7. The van der Waals surface area contributed by atoms with Gasteiger partial charge in [-0.3, -0.25) is 0 Å². The fraction of sp³-hybridized carbons (Fsp3) is 0.643. The van der Waals surface area contributed by atoms with E-state index in [1.54, 1.807) is 18.3 Å². The Morgan fingerprint density at radius 2 is 2.29 bits per heavy atom. The topological polar surface area (TPSA) is 71.5 Å². The van der Waals surface area contributed by atoms with Crippen LogP contribution >= 0.6 is 0 Å². The quantitative estimate of drug-likeness (QED) is 0.865. The molecular weight excluding hydrogens is 290 g/mol. The summed E-state index contributed by atoms with van der Waals surface area (Å²) in [5.41, 5.74) is 0. The van der Waals surface area contributed by atoms with E-state index in [2.05, 4.69) is 10.3 Å². The molecule has 0 amide bonds. The molecule has 1 saturated heterocycles. The third kappa shape index (κ3) is 3.72. The summed E-state index contributed by atoms with van der Waals surface area (Å²) in [7, 11) is -3.54. The molecule has 0 aliphatic carbocycles. The molecule has 1 aromatic heterocycles. The summed E-state index contributed by atoms with van der Waals surface area (Å²) in [6.45, 7) is 6.02. The SMILES string of the molecule is CCNc1ncccc1S(=O)(=O)N1CCCC(OCC)C1. The molecule has 0 bridgehead atoms. The van der Waals surface area contributed by atoms with Gasteiger partial charge in [0, 0.05) is 32.4 Å². The summed E-state index contributed by atoms with van der Waals surface area (Å²) in [6, 6.07) is 3.25. The van der Waals surface area contributed by atoms with Crippen LogP contribution in [0.25, 0.3) is 0 Å². The van der Waals surface area contributed by atoms with Gasteiger partial charge in [-0.25, -0.2) is 13.4 Å². The van der Waals surface area contributed by atoms with E-state index in [1.165, 1.54) is 4.31 Å². The van der Waals surface area contributed by atoms with Gasteiger partial charge in [0.15, 0.2) is 0 Å². The lowest BCUT2D eigenvalue weighted by Crippen LogP contribution is -2.43. The minimum Gasteiger partial charge on any atom is -0.377 e. The van der Waals surface area contributed by atoms with E-state index in [4.69, 9.17) is 4.74 Å². The van der Waals surface area contributed by atoms with Crippen molar-refractivity contribution in [1.29, 1.82) is 0 Å². The van der Waals surface area contributed by atoms with Crippen molar-refractivity contribution in [2.24, 2.45) is 0 Å². The molecule has 2 heterocycles. The Bertz CT molecular complexity index is 560. The Morgan fingerprint density at radius 3 is 3.00 bits per heavy atom. The third-order valence-corrected chi connectivity index (χ3v) is 5.37. The van der Waals surface area contributed by atoms with E-state index in [9.17, 15) is 8.42 Å². The highest BCUT2D eigenvalue weighted by molar-refractivity contribution is 7.89. The van der Waals surface area contributed by atoms with Gasteiger partial charge >= 0.3 is 0 Å². The second kappa shape index (κ2) is 7.20. The number of piperidine rings is 1. The van der Waals surface area contributed by atoms with Crippen LogP contribution in [-0.4, -0.2) is 50.1 Å². The van der Waals surface area contributed by atoms with Crippen LogP contribution in [0.15, 0.2) is 23.2 Å². The molecule has 118 valence electrons. The number of pyridine rings is 1. The Hall–Kier alpha value is -1.18. The van der Waals surface area contributed by atoms with Crippen LogP contribution in [-0.2, 0) is 14.8 Å². The third-order valence-electron chi connectivity index (χ3n) is 3.48. The monoisotopic (exact) mass is 313 g/mol. The largest absolute Gasteiger partial charge is 0.377 e. The van der Waals surface area contributed by atoms with Gasteiger partial charge in [-0.05, 0) is 38.8 Å². The van der Waals surface area contributed by atoms with Crippen molar-refractivity contribution in [2.75, 3.05) is 31.6 Å². The average molecular weight is 313 g/mol. The molecule has 1 aliphatic rings. The predicted molar refractivity (Wildman–Crippen MR) is 81.8 cm³/mol. The summed E-state index contributed by atoms with van der Waals surface area (Å²) >= 11 is 0. The highest BCUT2D eigenvalue weighted by atomic mass is 32.2. The lowest BCUT2D eigenvalue weighted by molar-refractivity contribution is 0.0265. The van der Waals surface area contributed by atoms with Gasteiger partial charge in [0.2, 0.25) is 10.0 Å². The van der Waals surface area contributed by atoms with Gasteiger partial charge in [0.25, 0.3) is 0 Å². The molecule has 6 nitrogen and oxygen atoms in total. The van der Waals surface area contributed by atoms with Crippen LogP contribution in [0.5, 0.6) is 0 Å². The number of rotatable bonds is 6. The molecule has 0 saturated carbocycles. The smallest absolute Gasteiger partial charge is 0.246 e. The number of nitrogens with zero attached hydrogens (tertiary/aromatic N) is 2. The van der Waals surface area contributed by atoms with Crippen molar-refractivity contribution in [2.45, 2.75) is 37.7 Å².